The molecule has 0 heteroatoms. The zero-order chi connectivity index (χ0) is 12.7. The van der Waals surface area contributed by atoms with Crippen LogP contribution in [-0.4, -0.2) is 0 Å². The van der Waals surface area contributed by atoms with Crippen molar-refractivity contribution in [1.29, 1.82) is 0 Å². The molecule has 0 spiro atoms. The molecule has 0 aromatic heterocycles. The summed E-state index contributed by atoms with van der Waals surface area (Å²) in [6, 6.07) is 26.7. The smallest absolute Gasteiger partial charge is 0.00134 e. The van der Waals surface area contributed by atoms with Gasteiger partial charge in [0.2, 0.25) is 0 Å². The molecule has 1 aliphatic carbocycles. The molecule has 0 unspecified atom stereocenters. The Morgan fingerprint density at radius 1 is 0.684 bits per heavy atom. The summed E-state index contributed by atoms with van der Waals surface area (Å²) >= 11 is 0. The summed E-state index contributed by atoms with van der Waals surface area (Å²) in [4.78, 5) is 0. The van der Waals surface area contributed by atoms with E-state index < -0.39 is 0 Å². The van der Waals surface area contributed by atoms with Gasteiger partial charge in [-0.05, 0) is 51.9 Å². The van der Waals surface area contributed by atoms with Crippen LogP contribution in [0, 0.1) is 6.07 Å². The molecule has 1 aliphatic rings. The number of hydrogen-bond acceptors (Lipinski definition) is 0. The summed E-state index contributed by atoms with van der Waals surface area (Å²) in [7, 11) is 0. The van der Waals surface area contributed by atoms with Gasteiger partial charge in [0.25, 0.3) is 0 Å². The minimum atomic E-state index is 1.06. The van der Waals surface area contributed by atoms with Gasteiger partial charge in [-0.25, -0.2) is 0 Å². The van der Waals surface area contributed by atoms with Crippen LogP contribution in [0.3, 0.4) is 0 Å². The summed E-state index contributed by atoms with van der Waals surface area (Å²) in [6.45, 7) is 0. The Morgan fingerprint density at radius 3 is 2.37 bits per heavy atom. The van der Waals surface area contributed by atoms with Crippen molar-refractivity contribution >= 4 is 0 Å². The Kier molecular flexibility index (Phi) is 2.28. The fourth-order valence-corrected chi connectivity index (χ4v) is 2.88. The van der Waals surface area contributed by atoms with Crippen molar-refractivity contribution < 1.29 is 0 Å². The molecule has 0 atom stereocenters. The molecule has 3 aromatic rings. The summed E-state index contributed by atoms with van der Waals surface area (Å²) in [6.07, 6.45) is 1.06. The lowest BCUT2D eigenvalue weighted by Crippen LogP contribution is -1.82. The third-order valence-electron chi connectivity index (χ3n) is 3.85. The first kappa shape index (κ1) is 10.6. The molecule has 0 saturated carbocycles. The zero-order valence-corrected chi connectivity index (χ0v) is 10.6. The van der Waals surface area contributed by atoms with Gasteiger partial charge in [-0.3, -0.25) is 0 Å². The van der Waals surface area contributed by atoms with Crippen LogP contribution >= 0.6 is 0 Å². The van der Waals surface area contributed by atoms with Crippen molar-refractivity contribution in [3.05, 3.63) is 83.9 Å². The highest BCUT2D eigenvalue weighted by Crippen LogP contribution is 2.38. The first-order valence-corrected chi connectivity index (χ1v) is 6.59. The van der Waals surface area contributed by atoms with Crippen molar-refractivity contribution in [3.8, 4) is 22.3 Å². The van der Waals surface area contributed by atoms with Gasteiger partial charge in [-0.2, -0.15) is 0 Å². The summed E-state index contributed by atoms with van der Waals surface area (Å²) in [5.41, 5.74) is 8.20. The van der Waals surface area contributed by atoms with Crippen LogP contribution < -0.4 is 0 Å². The van der Waals surface area contributed by atoms with E-state index in [0.717, 1.165) is 6.42 Å². The molecular weight excluding hydrogens is 228 g/mol. The van der Waals surface area contributed by atoms with E-state index in [1.54, 1.807) is 0 Å². The average molecular weight is 241 g/mol. The van der Waals surface area contributed by atoms with E-state index in [-0.39, 0.29) is 0 Å². The van der Waals surface area contributed by atoms with Gasteiger partial charge in [0.1, 0.15) is 0 Å². The number of rotatable bonds is 1. The number of fused-ring (bicyclic) bond motifs is 3. The lowest BCUT2D eigenvalue weighted by atomic mass is 9.99. The minimum Gasteiger partial charge on any atom is -0.0619 e. The molecule has 0 aliphatic heterocycles. The van der Waals surface area contributed by atoms with Crippen molar-refractivity contribution in [2.75, 3.05) is 0 Å². The molecule has 0 heterocycles. The molecule has 0 saturated heterocycles. The monoisotopic (exact) mass is 241 g/mol. The summed E-state index contributed by atoms with van der Waals surface area (Å²) < 4.78 is 0. The van der Waals surface area contributed by atoms with Gasteiger partial charge < -0.3 is 0 Å². The lowest BCUT2D eigenvalue weighted by molar-refractivity contribution is 1.26. The highest BCUT2D eigenvalue weighted by atomic mass is 14.2. The Hall–Kier alpha value is -2.34. The minimum absolute atomic E-state index is 1.06. The third kappa shape index (κ3) is 1.68. The largest absolute Gasteiger partial charge is 0.0619 e. The Bertz CT molecular complexity index is 739. The second-order valence-electron chi connectivity index (χ2n) is 4.99. The number of hydrogen-bond donors (Lipinski definition) is 0. The average Bonchev–Trinajstić information content (AvgIpc) is 2.86. The molecule has 0 N–H and O–H groups in total. The summed E-state index contributed by atoms with van der Waals surface area (Å²) in [5, 5.41) is 0. The van der Waals surface area contributed by atoms with Crippen molar-refractivity contribution in [1.82, 2.24) is 0 Å². The second-order valence-corrected chi connectivity index (χ2v) is 4.99. The van der Waals surface area contributed by atoms with Crippen LogP contribution in [0.5, 0.6) is 0 Å². The summed E-state index contributed by atoms with van der Waals surface area (Å²) in [5.74, 6) is 0. The van der Waals surface area contributed by atoms with E-state index >= 15 is 0 Å². The maximum Gasteiger partial charge on any atom is -0.00134 e. The van der Waals surface area contributed by atoms with E-state index in [9.17, 15) is 0 Å². The molecule has 89 valence electrons. The molecule has 3 aromatic carbocycles. The molecule has 1 radical (unpaired) electrons. The highest BCUT2D eigenvalue weighted by Gasteiger charge is 2.17. The van der Waals surface area contributed by atoms with E-state index in [1.165, 1.54) is 33.4 Å². The second kappa shape index (κ2) is 4.10. The quantitative estimate of drug-likeness (QED) is 0.452. The van der Waals surface area contributed by atoms with E-state index in [1.807, 2.05) is 12.1 Å². The zero-order valence-electron chi connectivity index (χ0n) is 10.6. The maximum atomic E-state index is 3.07. The van der Waals surface area contributed by atoms with Gasteiger partial charge in [0, 0.05) is 0 Å². The van der Waals surface area contributed by atoms with E-state index in [4.69, 9.17) is 0 Å². The van der Waals surface area contributed by atoms with Gasteiger partial charge in [0.05, 0.1) is 0 Å². The van der Waals surface area contributed by atoms with Gasteiger partial charge in [0.15, 0.2) is 0 Å². The topological polar surface area (TPSA) is 0 Å². The lowest BCUT2D eigenvalue weighted by Gasteiger charge is -2.06. The van der Waals surface area contributed by atoms with Crippen LogP contribution in [0.1, 0.15) is 11.1 Å². The number of benzene rings is 3. The maximum absolute atomic E-state index is 3.07. The van der Waals surface area contributed by atoms with Crippen LogP contribution in [0.4, 0.5) is 0 Å². The molecule has 0 nitrogen and oxygen atoms in total. The van der Waals surface area contributed by atoms with Gasteiger partial charge in [-0.1, -0.05) is 60.7 Å². The normalized spacial score (nSPS) is 12.0. The first-order chi connectivity index (χ1) is 9.42. The molecule has 0 fully saturated rings. The van der Waals surface area contributed by atoms with E-state index in [0.29, 0.717) is 0 Å². The molecular formula is C19H13. The van der Waals surface area contributed by atoms with Gasteiger partial charge >= 0.3 is 0 Å². The predicted octanol–water partition coefficient (Wildman–Crippen LogP) is 4.72. The Morgan fingerprint density at radius 2 is 1.47 bits per heavy atom. The van der Waals surface area contributed by atoms with Crippen LogP contribution in [-0.2, 0) is 6.42 Å². The fourth-order valence-electron chi connectivity index (χ4n) is 2.88. The Balaban J connectivity index is 1.89. The Labute approximate surface area is 113 Å². The van der Waals surface area contributed by atoms with Crippen LogP contribution in [0.25, 0.3) is 22.3 Å². The first-order valence-electron chi connectivity index (χ1n) is 6.59. The standard InChI is InChI=1S/C19H13/c1-2-6-14(7-3-1)15-10-11-17-12-16-8-4-5-9-18(16)19(17)13-15/h2-11,13H,12H2. The third-order valence-corrected chi connectivity index (χ3v) is 3.85. The van der Waals surface area contributed by atoms with E-state index in [2.05, 4.69) is 60.7 Å². The highest BCUT2D eigenvalue weighted by molar-refractivity contribution is 5.81. The molecule has 4 rings (SSSR count). The fraction of sp³-hybridized carbons (Fsp3) is 0.0526. The van der Waals surface area contributed by atoms with Crippen LogP contribution in [0.2, 0.25) is 0 Å². The molecule has 0 amide bonds. The van der Waals surface area contributed by atoms with Crippen LogP contribution in [0.15, 0.2) is 66.7 Å². The van der Waals surface area contributed by atoms with Crippen molar-refractivity contribution in [3.63, 3.8) is 0 Å². The predicted molar refractivity (Wildman–Crippen MR) is 79.0 cm³/mol. The molecule has 0 bridgehead atoms. The van der Waals surface area contributed by atoms with Crippen molar-refractivity contribution in [2.45, 2.75) is 6.42 Å². The molecule has 19 heavy (non-hydrogen) atoms. The SMILES string of the molecule is [c]1ccc(-c2ccc3c(c2)-c2ccccc2C3)cc1. The van der Waals surface area contributed by atoms with Gasteiger partial charge in [-0.15, -0.1) is 0 Å². The van der Waals surface area contributed by atoms with Crippen molar-refractivity contribution in [2.24, 2.45) is 0 Å².